The average Bonchev–Trinajstić information content (AvgIpc) is 2.82. The van der Waals surface area contributed by atoms with Crippen molar-refractivity contribution in [2.75, 3.05) is 18.4 Å². The van der Waals surface area contributed by atoms with E-state index in [1.165, 1.54) is 0 Å². The summed E-state index contributed by atoms with van der Waals surface area (Å²) in [6, 6.07) is 12.9. The maximum atomic E-state index is 13.5. The first-order valence-corrected chi connectivity index (χ1v) is 11.7. The van der Waals surface area contributed by atoms with Crippen LogP contribution in [0.4, 0.5) is 5.69 Å². The largest absolute Gasteiger partial charge is 0.449 e. The smallest absolute Gasteiger partial charge is 0.340 e. The van der Waals surface area contributed by atoms with E-state index < -0.39 is 12.1 Å². The summed E-state index contributed by atoms with van der Waals surface area (Å²) in [6.07, 6.45) is 0.202. The Morgan fingerprint density at radius 3 is 2.76 bits per heavy atom. The third kappa shape index (κ3) is 4.87. The van der Waals surface area contributed by atoms with Gasteiger partial charge < -0.3 is 10.1 Å². The molecule has 0 bridgehead atoms. The number of hydrogen-bond donors (Lipinski definition) is 1. The van der Waals surface area contributed by atoms with Crippen molar-refractivity contribution in [1.82, 2.24) is 9.88 Å². The fourth-order valence-corrected chi connectivity index (χ4v) is 4.37. The Bertz CT molecular complexity index is 1210. The Morgan fingerprint density at radius 2 is 2.00 bits per heavy atom. The number of carbonyl (C=O) groups excluding carboxylic acids is 2. The van der Waals surface area contributed by atoms with Crippen LogP contribution in [0.5, 0.6) is 0 Å². The number of carbonyl (C=O) groups is 2. The summed E-state index contributed by atoms with van der Waals surface area (Å²) in [6.45, 7) is 8.24. The van der Waals surface area contributed by atoms with Crippen molar-refractivity contribution < 1.29 is 14.3 Å². The predicted molar refractivity (Wildman–Crippen MR) is 131 cm³/mol. The van der Waals surface area contributed by atoms with E-state index in [4.69, 9.17) is 21.3 Å². The van der Waals surface area contributed by atoms with Crippen LogP contribution in [0.3, 0.4) is 0 Å². The van der Waals surface area contributed by atoms with E-state index in [2.05, 4.69) is 17.1 Å². The lowest BCUT2D eigenvalue weighted by Gasteiger charge is -2.29. The number of aryl methyl sites for hydroxylation is 1. The number of likely N-dealkylation sites (N-methyl/N-ethyl adjacent to an activating group) is 1. The number of hydrogen-bond acceptors (Lipinski definition) is 5. The SMILES string of the molecule is CCC(OC(=O)c1c2c(nc3ccccc13)CCN(CC)C2)C(=O)Nc1cc(Cl)ccc1C. The minimum atomic E-state index is -0.927. The second kappa shape index (κ2) is 9.89. The van der Waals surface area contributed by atoms with Crippen molar-refractivity contribution in [3.05, 3.63) is 69.9 Å². The fourth-order valence-electron chi connectivity index (χ4n) is 4.20. The summed E-state index contributed by atoms with van der Waals surface area (Å²) < 4.78 is 5.80. The number of ether oxygens (including phenoxy) is 1. The number of nitrogens with zero attached hydrogens (tertiary/aromatic N) is 2. The topological polar surface area (TPSA) is 71.5 Å². The molecule has 4 rings (SSSR count). The van der Waals surface area contributed by atoms with Gasteiger partial charge in [0.1, 0.15) is 0 Å². The van der Waals surface area contributed by atoms with E-state index in [0.29, 0.717) is 29.2 Å². The molecule has 1 aliphatic rings. The standard InChI is InChI=1S/C26H28ClN3O3/c1-4-23(25(31)29-22-14-17(27)11-10-16(22)3)33-26(32)24-18-8-6-7-9-20(18)28-21-12-13-30(5-2)15-19(21)24/h6-11,14,23H,4-5,12-13,15H2,1-3H3,(H,29,31). The number of benzene rings is 2. The summed E-state index contributed by atoms with van der Waals surface area (Å²) in [5.74, 6) is -0.869. The van der Waals surface area contributed by atoms with Gasteiger partial charge in [-0.25, -0.2) is 4.79 Å². The van der Waals surface area contributed by atoms with Crippen molar-refractivity contribution in [1.29, 1.82) is 0 Å². The Kier molecular flexibility index (Phi) is 6.96. The number of anilines is 1. The Hall–Kier alpha value is -2.96. The average molecular weight is 466 g/mol. The highest BCUT2D eigenvalue weighted by molar-refractivity contribution is 6.31. The molecule has 1 N–H and O–H groups in total. The van der Waals surface area contributed by atoms with Gasteiger partial charge in [-0.15, -0.1) is 0 Å². The van der Waals surface area contributed by atoms with Gasteiger partial charge in [0.05, 0.1) is 11.1 Å². The number of amides is 1. The number of para-hydroxylation sites is 1. The van der Waals surface area contributed by atoms with Gasteiger partial charge in [-0.2, -0.15) is 0 Å². The molecule has 33 heavy (non-hydrogen) atoms. The van der Waals surface area contributed by atoms with Crippen molar-refractivity contribution in [3.63, 3.8) is 0 Å². The van der Waals surface area contributed by atoms with Crippen molar-refractivity contribution in [2.45, 2.75) is 46.3 Å². The van der Waals surface area contributed by atoms with Gasteiger partial charge in [-0.1, -0.05) is 49.7 Å². The van der Waals surface area contributed by atoms with Gasteiger partial charge >= 0.3 is 5.97 Å². The number of esters is 1. The molecule has 0 saturated carbocycles. The molecule has 1 aliphatic heterocycles. The lowest BCUT2D eigenvalue weighted by atomic mass is 9.95. The van der Waals surface area contributed by atoms with Crippen LogP contribution < -0.4 is 5.32 Å². The number of aromatic nitrogens is 1. The number of fused-ring (bicyclic) bond motifs is 2. The molecule has 2 heterocycles. The molecule has 0 aliphatic carbocycles. The van der Waals surface area contributed by atoms with E-state index in [9.17, 15) is 9.59 Å². The lowest BCUT2D eigenvalue weighted by Crippen LogP contribution is -2.35. The van der Waals surface area contributed by atoms with E-state index in [0.717, 1.165) is 47.2 Å². The molecular weight excluding hydrogens is 438 g/mol. The summed E-state index contributed by atoms with van der Waals surface area (Å²) >= 11 is 6.08. The molecule has 172 valence electrons. The molecule has 1 atom stereocenters. The molecule has 2 aromatic carbocycles. The van der Waals surface area contributed by atoms with Crippen LogP contribution in [0.15, 0.2) is 42.5 Å². The number of nitrogens with one attached hydrogen (secondary N) is 1. The van der Waals surface area contributed by atoms with Crippen molar-refractivity contribution >= 4 is 40.1 Å². The van der Waals surface area contributed by atoms with E-state index in [1.807, 2.05) is 44.2 Å². The van der Waals surface area contributed by atoms with Crippen LogP contribution in [0.25, 0.3) is 10.9 Å². The van der Waals surface area contributed by atoms with Crippen LogP contribution in [0, 0.1) is 6.92 Å². The minimum absolute atomic E-state index is 0.351. The van der Waals surface area contributed by atoms with Gasteiger partial charge in [0.2, 0.25) is 0 Å². The zero-order valence-corrected chi connectivity index (χ0v) is 19.9. The molecule has 0 radical (unpaired) electrons. The summed E-state index contributed by atoms with van der Waals surface area (Å²) in [7, 11) is 0. The predicted octanol–water partition coefficient (Wildman–Crippen LogP) is 5.15. The molecule has 0 saturated heterocycles. The van der Waals surface area contributed by atoms with Crippen molar-refractivity contribution in [3.8, 4) is 0 Å². The second-order valence-electron chi connectivity index (χ2n) is 8.30. The highest BCUT2D eigenvalue weighted by Crippen LogP contribution is 2.29. The van der Waals surface area contributed by atoms with Crippen LogP contribution in [-0.2, 0) is 22.5 Å². The molecular formula is C26H28ClN3O3. The van der Waals surface area contributed by atoms with E-state index in [-0.39, 0.29) is 5.91 Å². The first-order valence-electron chi connectivity index (χ1n) is 11.3. The Morgan fingerprint density at radius 1 is 1.21 bits per heavy atom. The minimum Gasteiger partial charge on any atom is -0.449 e. The molecule has 1 aromatic heterocycles. The van der Waals surface area contributed by atoms with Crippen LogP contribution in [-0.4, -0.2) is 41.0 Å². The van der Waals surface area contributed by atoms with Gasteiger partial charge in [0.15, 0.2) is 6.10 Å². The zero-order chi connectivity index (χ0) is 23.5. The number of rotatable bonds is 6. The van der Waals surface area contributed by atoms with E-state index in [1.54, 1.807) is 12.1 Å². The summed E-state index contributed by atoms with van der Waals surface area (Å²) in [5, 5.41) is 4.13. The molecule has 1 unspecified atom stereocenters. The summed E-state index contributed by atoms with van der Waals surface area (Å²) in [5.41, 5.74) is 4.58. The maximum Gasteiger partial charge on any atom is 0.340 e. The lowest BCUT2D eigenvalue weighted by molar-refractivity contribution is -0.124. The van der Waals surface area contributed by atoms with E-state index >= 15 is 0 Å². The highest BCUT2D eigenvalue weighted by Gasteiger charge is 2.29. The normalized spacial score (nSPS) is 14.5. The highest BCUT2D eigenvalue weighted by atomic mass is 35.5. The quantitative estimate of drug-likeness (QED) is 0.510. The maximum absolute atomic E-state index is 13.5. The first-order chi connectivity index (χ1) is 15.9. The van der Waals surface area contributed by atoms with Crippen molar-refractivity contribution in [2.24, 2.45) is 0 Å². The van der Waals surface area contributed by atoms with Gasteiger partial charge in [0, 0.05) is 46.9 Å². The van der Waals surface area contributed by atoms with Gasteiger partial charge in [0.25, 0.3) is 5.91 Å². The van der Waals surface area contributed by atoms with Crippen LogP contribution >= 0.6 is 11.6 Å². The Balaban J connectivity index is 1.65. The fraction of sp³-hybridized carbons (Fsp3) is 0.346. The molecule has 7 heteroatoms. The molecule has 3 aromatic rings. The molecule has 0 fully saturated rings. The monoisotopic (exact) mass is 465 g/mol. The van der Waals surface area contributed by atoms with Crippen LogP contribution in [0.1, 0.15) is 47.4 Å². The molecule has 0 spiro atoms. The zero-order valence-electron chi connectivity index (χ0n) is 19.2. The first kappa shape index (κ1) is 23.2. The third-order valence-electron chi connectivity index (χ3n) is 6.15. The summed E-state index contributed by atoms with van der Waals surface area (Å²) in [4.78, 5) is 33.6. The van der Waals surface area contributed by atoms with Crippen LogP contribution in [0.2, 0.25) is 5.02 Å². The van der Waals surface area contributed by atoms with Gasteiger partial charge in [-0.3, -0.25) is 14.7 Å². The third-order valence-corrected chi connectivity index (χ3v) is 6.38. The Labute approximate surface area is 198 Å². The molecule has 1 amide bonds. The number of halogens is 1. The second-order valence-corrected chi connectivity index (χ2v) is 8.74. The number of pyridine rings is 1. The van der Waals surface area contributed by atoms with Gasteiger partial charge in [-0.05, 0) is 43.7 Å². The molecule has 6 nitrogen and oxygen atoms in total.